The summed E-state index contributed by atoms with van der Waals surface area (Å²) in [5.41, 5.74) is 4.65. The van der Waals surface area contributed by atoms with Crippen molar-refractivity contribution in [3.63, 3.8) is 0 Å². The molecule has 0 N–H and O–H groups in total. The summed E-state index contributed by atoms with van der Waals surface area (Å²) >= 11 is 3.34. The highest BCUT2D eigenvalue weighted by molar-refractivity contribution is 7.98. The molecule has 4 rings (SSSR count). The summed E-state index contributed by atoms with van der Waals surface area (Å²) < 4.78 is 7.36. The Morgan fingerprint density at radius 3 is 2.68 bits per heavy atom. The van der Waals surface area contributed by atoms with Crippen LogP contribution in [-0.2, 0) is 18.7 Å². The number of hydrogen-bond donors (Lipinski definition) is 0. The van der Waals surface area contributed by atoms with E-state index in [0.29, 0.717) is 13.0 Å². The Morgan fingerprint density at radius 2 is 1.94 bits per heavy atom. The number of aryl methyl sites for hydroxylation is 1. The molecule has 0 amide bonds. The summed E-state index contributed by atoms with van der Waals surface area (Å²) in [6.07, 6.45) is 2.59. The third kappa shape index (κ3) is 5.06. The van der Waals surface area contributed by atoms with Gasteiger partial charge in [-0.25, -0.2) is 4.98 Å². The van der Waals surface area contributed by atoms with Crippen LogP contribution in [0.25, 0.3) is 10.6 Å². The normalized spacial score (nSPS) is 10.9. The van der Waals surface area contributed by atoms with Crippen LogP contribution in [-0.4, -0.2) is 26.9 Å². The van der Waals surface area contributed by atoms with Crippen LogP contribution in [0.2, 0.25) is 0 Å². The van der Waals surface area contributed by atoms with Gasteiger partial charge >= 0.3 is 0 Å². The SMILES string of the molecule is C=CCn1c(Cc2ccc(OC)cc2)nnc1SCc1csc(-c2ccccc2C)n1. The zero-order valence-electron chi connectivity index (χ0n) is 17.6. The highest BCUT2D eigenvalue weighted by atomic mass is 32.2. The topological polar surface area (TPSA) is 52.8 Å². The number of aromatic nitrogens is 4. The van der Waals surface area contributed by atoms with Crippen molar-refractivity contribution in [1.29, 1.82) is 0 Å². The lowest BCUT2D eigenvalue weighted by Crippen LogP contribution is -2.05. The second-order valence-corrected chi connectivity index (χ2v) is 8.87. The van der Waals surface area contributed by atoms with E-state index in [0.717, 1.165) is 38.7 Å². The van der Waals surface area contributed by atoms with Gasteiger partial charge in [0.15, 0.2) is 5.16 Å². The summed E-state index contributed by atoms with van der Waals surface area (Å²) in [6.45, 7) is 6.69. The van der Waals surface area contributed by atoms with E-state index in [4.69, 9.17) is 9.72 Å². The van der Waals surface area contributed by atoms with Gasteiger partial charge in [0.05, 0.1) is 12.8 Å². The Bertz CT molecular complexity index is 1160. The molecule has 0 aliphatic carbocycles. The van der Waals surface area contributed by atoms with Crippen LogP contribution in [0.15, 0.2) is 71.7 Å². The van der Waals surface area contributed by atoms with E-state index in [1.165, 1.54) is 11.1 Å². The predicted molar refractivity (Wildman–Crippen MR) is 128 cm³/mol. The molecule has 158 valence electrons. The van der Waals surface area contributed by atoms with E-state index in [1.807, 2.05) is 18.2 Å². The third-order valence-corrected chi connectivity index (χ3v) is 6.83. The standard InChI is InChI=1S/C24H24N4OS2/c1-4-13-28-22(14-18-9-11-20(29-3)12-10-18)26-27-24(28)31-16-19-15-30-23(25-19)21-8-6-5-7-17(21)2/h4-12,15H,1,13-14,16H2,2-3H3. The molecule has 4 aromatic rings. The fourth-order valence-electron chi connectivity index (χ4n) is 3.24. The molecule has 2 aromatic heterocycles. The lowest BCUT2D eigenvalue weighted by molar-refractivity contribution is 0.414. The molecule has 0 unspecified atom stereocenters. The van der Waals surface area contributed by atoms with Gasteiger partial charge in [0, 0.05) is 29.7 Å². The number of nitrogens with zero attached hydrogens (tertiary/aromatic N) is 4. The van der Waals surface area contributed by atoms with Crippen LogP contribution in [0.1, 0.15) is 22.6 Å². The van der Waals surface area contributed by atoms with Gasteiger partial charge in [-0.1, -0.05) is 54.2 Å². The van der Waals surface area contributed by atoms with Crippen molar-refractivity contribution in [2.45, 2.75) is 30.8 Å². The number of rotatable bonds is 9. The molecule has 2 aromatic carbocycles. The molecule has 5 nitrogen and oxygen atoms in total. The monoisotopic (exact) mass is 448 g/mol. The van der Waals surface area contributed by atoms with E-state index in [1.54, 1.807) is 30.2 Å². The minimum Gasteiger partial charge on any atom is -0.497 e. The molecule has 0 saturated carbocycles. The van der Waals surface area contributed by atoms with Crippen molar-refractivity contribution < 1.29 is 4.74 Å². The highest BCUT2D eigenvalue weighted by Crippen LogP contribution is 2.29. The summed E-state index contributed by atoms with van der Waals surface area (Å²) in [4.78, 5) is 4.83. The van der Waals surface area contributed by atoms with Crippen LogP contribution in [0, 0.1) is 6.92 Å². The molecule has 0 atom stereocenters. The largest absolute Gasteiger partial charge is 0.497 e. The second kappa shape index (κ2) is 9.94. The molecule has 7 heteroatoms. The number of thiazole rings is 1. The molecule has 0 fully saturated rings. The fraction of sp³-hybridized carbons (Fsp3) is 0.208. The molecule has 2 heterocycles. The molecule has 0 radical (unpaired) electrons. The van der Waals surface area contributed by atoms with E-state index < -0.39 is 0 Å². The Labute approximate surface area is 190 Å². The van der Waals surface area contributed by atoms with Gasteiger partial charge < -0.3 is 9.30 Å². The van der Waals surface area contributed by atoms with Crippen molar-refractivity contribution in [1.82, 2.24) is 19.7 Å². The van der Waals surface area contributed by atoms with Gasteiger partial charge in [-0.05, 0) is 30.2 Å². The molecule has 0 aliphatic rings. The highest BCUT2D eigenvalue weighted by Gasteiger charge is 2.14. The maximum absolute atomic E-state index is 5.24. The average Bonchev–Trinajstić information content (AvgIpc) is 3.41. The Morgan fingerprint density at radius 1 is 1.13 bits per heavy atom. The lowest BCUT2D eigenvalue weighted by atomic mass is 10.1. The fourth-order valence-corrected chi connectivity index (χ4v) is 5.12. The maximum Gasteiger partial charge on any atom is 0.191 e. The molecular formula is C24H24N4OS2. The average molecular weight is 449 g/mol. The lowest BCUT2D eigenvalue weighted by Gasteiger charge is -2.08. The van der Waals surface area contributed by atoms with E-state index in [-0.39, 0.29) is 0 Å². The minimum atomic E-state index is 0.673. The summed E-state index contributed by atoms with van der Waals surface area (Å²) in [7, 11) is 1.67. The van der Waals surface area contributed by atoms with Crippen molar-refractivity contribution in [2.24, 2.45) is 0 Å². The first-order chi connectivity index (χ1) is 15.2. The Hall–Kier alpha value is -2.90. The van der Waals surface area contributed by atoms with Gasteiger partial charge in [0.25, 0.3) is 0 Å². The number of methoxy groups -OCH3 is 1. The first kappa shape index (κ1) is 21.3. The second-order valence-electron chi connectivity index (χ2n) is 7.07. The zero-order valence-corrected chi connectivity index (χ0v) is 19.2. The van der Waals surface area contributed by atoms with E-state index in [9.17, 15) is 0 Å². The van der Waals surface area contributed by atoms with Crippen molar-refractivity contribution in [2.75, 3.05) is 7.11 Å². The third-order valence-electron chi connectivity index (χ3n) is 4.90. The predicted octanol–water partition coefficient (Wildman–Crippen LogP) is 5.79. The van der Waals surface area contributed by atoms with E-state index in [2.05, 4.69) is 70.0 Å². The van der Waals surface area contributed by atoms with Crippen LogP contribution in [0.4, 0.5) is 0 Å². The van der Waals surface area contributed by atoms with Crippen LogP contribution in [0.3, 0.4) is 0 Å². The van der Waals surface area contributed by atoms with Crippen molar-refractivity contribution in [3.05, 3.63) is 89.2 Å². The van der Waals surface area contributed by atoms with Crippen molar-refractivity contribution in [3.8, 4) is 16.3 Å². The smallest absolute Gasteiger partial charge is 0.191 e. The van der Waals surface area contributed by atoms with E-state index >= 15 is 0 Å². The van der Waals surface area contributed by atoms with Gasteiger partial charge in [-0.2, -0.15) is 0 Å². The molecule has 0 bridgehead atoms. The summed E-state index contributed by atoms with van der Waals surface area (Å²) in [6, 6.07) is 16.4. The number of benzene rings is 2. The quantitative estimate of drug-likeness (QED) is 0.240. The maximum atomic E-state index is 5.24. The molecular weight excluding hydrogens is 424 g/mol. The molecule has 0 aliphatic heterocycles. The Balaban J connectivity index is 1.47. The first-order valence-corrected chi connectivity index (χ1v) is 11.8. The van der Waals surface area contributed by atoms with Gasteiger partial charge in [0.1, 0.15) is 16.6 Å². The Kier molecular flexibility index (Phi) is 6.84. The number of hydrogen-bond acceptors (Lipinski definition) is 6. The number of thioether (sulfide) groups is 1. The summed E-state index contributed by atoms with van der Waals surface area (Å²) in [5, 5.41) is 12.9. The number of ether oxygens (including phenoxy) is 1. The molecule has 0 spiro atoms. The van der Waals surface area contributed by atoms with Gasteiger partial charge in [-0.15, -0.1) is 28.1 Å². The van der Waals surface area contributed by atoms with Crippen molar-refractivity contribution >= 4 is 23.1 Å². The van der Waals surface area contributed by atoms with Crippen LogP contribution >= 0.6 is 23.1 Å². The minimum absolute atomic E-state index is 0.673. The first-order valence-electron chi connectivity index (χ1n) is 9.97. The van der Waals surface area contributed by atoms with Crippen LogP contribution in [0.5, 0.6) is 5.75 Å². The van der Waals surface area contributed by atoms with Crippen LogP contribution < -0.4 is 4.74 Å². The van der Waals surface area contributed by atoms with Gasteiger partial charge in [-0.3, -0.25) is 0 Å². The molecule has 31 heavy (non-hydrogen) atoms. The van der Waals surface area contributed by atoms with Gasteiger partial charge in [0.2, 0.25) is 0 Å². The molecule has 0 saturated heterocycles. The zero-order chi connectivity index (χ0) is 21.6. The number of allylic oxidation sites excluding steroid dienone is 1. The summed E-state index contributed by atoms with van der Waals surface area (Å²) in [5.74, 6) is 2.52.